The van der Waals surface area contributed by atoms with Crippen molar-refractivity contribution in [2.45, 2.75) is 45.2 Å². The molecule has 5 heteroatoms. The minimum absolute atomic E-state index is 0.173. The van der Waals surface area contributed by atoms with Gasteiger partial charge in [-0.15, -0.1) is 0 Å². The molecule has 1 aliphatic heterocycles. The SMILES string of the molecule is CCN(C)C1CCN(C(=O)c2c(C)n(C3CC3)c3ccc(OC)cc23)C1. The number of hydrogen-bond acceptors (Lipinski definition) is 3. The lowest BCUT2D eigenvalue weighted by atomic mass is 10.1. The molecule has 0 spiro atoms. The number of ether oxygens (including phenoxy) is 1. The number of rotatable bonds is 5. The van der Waals surface area contributed by atoms with E-state index >= 15 is 0 Å². The zero-order valence-corrected chi connectivity index (χ0v) is 16.3. The highest BCUT2D eigenvalue weighted by Crippen LogP contribution is 2.42. The summed E-state index contributed by atoms with van der Waals surface area (Å²) in [5, 5.41) is 1.03. The molecule has 2 aromatic rings. The number of methoxy groups -OCH3 is 1. The van der Waals surface area contributed by atoms with Crippen LogP contribution in [-0.2, 0) is 0 Å². The summed E-state index contributed by atoms with van der Waals surface area (Å²) in [5.41, 5.74) is 3.13. The molecule has 2 fully saturated rings. The maximum absolute atomic E-state index is 13.4. The van der Waals surface area contributed by atoms with Gasteiger partial charge in [-0.3, -0.25) is 4.79 Å². The van der Waals surface area contributed by atoms with Crippen LogP contribution in [0.4, 0.5) is 0 Å². The normalized spacial score (nSPS) is 20.3. The number of benzene rings is 1. The second-order valence-corrected chi connectivity index (χ2v) is 7.71. The monoisotopic (exact) mass is 355 g/mol. The van der Waals surface area contributed by atoms with Gasteiger partial charge in [0.05, 0.1) is 12.7 Å². The molecule has 1 amide bonds. The summed E-state index contributed by atoms with van der Waals surface area (Å²) in [6.45, 7) is 6.95. The summed E-state index contributed by atoms with van der Waals surface area (Å²) in [7, 11) is 3.83. The molecule has 0 bridgehead atoms. The highest BCUT2D eigenvalue weighted by Gasteiger charge is 2.34. The zero-order chi connectivity index (χ0) is 18.4. The molecule has 1 aromatic heterocycles. The number of carbonyl (C=O) groups is 1. The largest absolute Gasteiger partial charge is 0.497 e. The lowest BCUT2D eigenvalue weighted by Crippen LogP contribution is -2.36. The average molecular weight is 355 g/mol. The van der Waals surface area contributed by atoms with Gasteiger partial charge in [0.1, 0.15) is 5.75 Å². The predicted octanol–water partition coefficient (Wildman–Crippen LogP) is 3.46. The van der Waals surface area contributed by atoms with Gasteiger partial charge >= 0.3 is 0 Å². The number of likely N-dealkylation sites (tertiary alicyclic amines) is 1. The van der Waals surface area contributed by atoms with Crippen molar-refractivity contribution in [2.75, 3.05) is 33.8 Å². The van der Waals surface area contributed by atoms with Crippen LogP contribution in [0, 0.1) is 6.92 Å². The van der Waals surface area contributed by atoms with Crippen LogP contribution >= 0.6 is 0 Å². The van der Waals surface area contributed by atoms with Crippen LogP contribution in [-0.4, -0.2) is 60.1 Å². The van der Waals surface area contributed by atoms with Gasteiger partial charge in [-0.2, -0.15) is 0 Å². The molecule has 0 N–H and O–H groups in total. The van der Waals surface area contributed by atoms with Crippen LogP contribution in [0.25, 0.3) is 10.9 Å². The zero-order valence-electron chi connectivity index (χ0n) is 16.3. The van der Waals surface area contributed by atoms with E-state index in [1.165, 1.54) is 12.8 Å². The summed E-state index contributed by atoms with van der Waals surface area (Å²) in [6, 6.07) is 7.14. The van der Waals surface area contributed by atoms with E-state index in [4.69, 9.17) is 4.74 Å². The lowest BCUT2D eigenvalue weighted by Gasteiger charge is -2.23. The number of likely N-dealkylation sites (N-methyl/N-ethyl adjacent to an activating group) is 1. The minimum Gasteiger partial charge on any atom is -0.497 e. The molecular weight excluding hydrogens is 326 g/mol. The molecule has 1 atom stereocenters. The van der Waals surface area contributed by atoms with Crippen LogP contribution in [0.15, 0.2) is 18.2 Å². The quantitative estimate of drug-likeness (QED) is 0.824. The van der Waals surface area contributed by atoms with Crippen molar-refractivity contribution in [1.29, 1.82) is 0 Å². The number of nitrogens with zero attached hydrogens (tertiary/aromatic N) is 3. The molecule has 2 heterocycles. The van der Waals surface area contributed by atoms with E-state index in [1.54, 1.807) is 7.11 Å². The Bertz CT molecular complexity index is 837. The van der Waals surface area contributed by atoms with Gasteiger partial charge < -0.3 is 19.1 Å². The summed E-state index contributed by atoms with van der Waals surface area (Å²) < 4.78 is 7.80. The van der Waals surface area contributed by atoms with Crippen molar-refractivity contribution in [3.8, 4) is 5.75 Å². The minimum atomic E-state index is 0.173. The third-order valence-corrected chi connectivity index (χ3v) is 6.15. The van der Waals surface area contributed by atoms with Crippen LogP contribution < -0.4 is 4.74 Å². The highest BCUT2D eigenvalue weighted by molar-refractivity contribution is 6.09. The molecule has 1 unspecified atom stereocenters. The molecular formula is C21H29N3O2. The smallest absolute Gasteiger partial charge is 0.256 e. The molecule has 1 saturated carbocycles. The fourth-order valence-electron chi connectivity index (χ4n) is 4.32. The Morgan fingerprint density at radius 2 is 2.08 bits per heavy atom. The molecule has 5 nitrogen and oxygen atoms in total. The van der Waals surface area contributed by atoms with E-state index in [2.05, 4.69) is 36.4 Å². The maximum atomic E-state index is 13.4. The van der Waals surface area contributed by atoms with Crippen molar-refractivity contribution in [1.82, 2.24) is 14.4 Å². The Morgan fingerprint density at radius 1 is 1.31 bits per heavy atom. The lowest BCUT2D eigenvalue weighted by molar-refractivity contribution is 0.0782. The van der Waals surface area contributed by atoms with Crippen LogP contribution in [0.2, 0.25) is 0 Å². The number of fused-ring (bicyclic) bond motifs is 1. The van der Waals surface area contributed by atoms with E-state index in [0.29, 0.717) is 12.1 Å². The molecule has 4 rings (SSSR count). The Hall–Kier alpha value is -2.01. The van der Waals surface area contributed by atoms with Gasteiger partial charge in [0.25, 0.3) is 5.91 Å². The summed E-state index contributed by atoms with van der Waals surface area (Å²) in [4.78, 5) is 17.8. The second kappa shape index (κ2) is 6.62. The Kier molecular flexibility index (Phi) is 4.43. The Morgan fingerprint density at radius 3 is 2.73 bits per heavy atom. The molecule has 140 valence electrons. The van der Waals surface area contributed by atoms with Gasteiger partial charge in [-0.25, -0.2) is 0 Å². The first-order valence-electron chi connectivity index (χ1n) is 9.73. The van der Waals surface area contributed by atoms with E-state index in [0.717, 1.165) is 54.0 Å². The first-order chi connectivity index (χ1) is 12.5. The highest BCUT2D eigenvalue weighted by atomic mass is 16.5. The molecule has 2 aliphatic rings. The summed E-state index contributed by atoms with van der Waals surface area (Å²) in [5.74, 6) is 0.983. The third kappa shape index (κ3) is 2.78. The van der Waals surface area contributed by atoms with Gasteiger partial charge in [-0.1, -0.05) is 6.92 Å². The van der Waals surface area contributed by atoms with E-state index in [1.807, 2.05) is 17.0 Å². The summed E-state index contributed by atoms with van der Waals surface area (Å²) >= 11 is 0. The average Bonchev–Trinajstić information content (AvgIpc) is 3.28. The summed E-state index contributed by atoms with van der Waals surface area (Å²) in [6.07, 6.45) is 3.47. The van der Waals surface area contributed by atoms with Gasteiger partial charge in [0.15, 0.2) is 0 Å². The molecule has 26 heavy (non-hydrogen) atoms. The van der Waals surface area contributed by atoms with Crippen LogP contribution in [0.5, 0.6) is 5.75 Å². The van der Waals surface area contributed by atoms with E-state index in [-0.39, 0.29) is 5.91 Å². The van der Waals surface area contributed by atoms with Crippen molar-refractivity contribution >= 4 is 16.8 Å². The van der Waals surface area contributed by atoms with Crippen LogP contribution in [0.3, 0.4) is 0 Å². The first-order valence-corrected chi connectivity index (χ1v) is 9.73. The number of amides is 1. The topological polar surface area (TPSA) is 37.7 Å². The fraction of sp³-hybridized carbons (Fsp3) is 0.571. The molecule has 1 aliphatic carbocycles. The predicted molar refractivity (Wildman–Crippen MR) is 104 cm³/mol. The standard InChI is InChI=1S/C21H29N3O2/c1-5-22(3)16-10-11-23(13-16)21(25)20-14(2)24(15-6-7-15)19-9-8-17(26-4)12-18(19)20/h8-9,12,15-16H,5-7,10-11,13H2,1-4H3. The Labute approximate surface area is 155 Å². The number of aromatic nitrogens is 1. The second-order valence-electron chi connectivity index (χ2n) is 7.71. The molecule has 1 saturated heterocycles. The van der Waals surface area contributed by atoms with Crippen molar-refractivity contribution in [3.63, 3.8) is 0 Å². The van der Waals surface area contributed by atoms with Gasteiger partial charge in [-0.05, 0) is 58.0 Å². The third-order valence-electron chi connectivity index (χ3n) is 6.15. The van der Waals surface area contributed by atoms with Gasteiger partial charge in [0, 0.05) is 41.8 Å². The van der Waals surface area contributed by atoms with E-state index < -0.39 is 0 Å². The van der Waals surface area contributed by atoms with Crippen molar-refractivity contribution in [2.24, 2.45) is 0 Å². The first kappa shape index (κ1) is 17.4. The van der Waals surface area contributed by atoms with Crippen LogP contribution in [0.1, 0.15) is 48.3 Å². The maximum Gasteiger partial charge on any atom is 0.256 e. The number of carbonyl (C=O) groups excluding carboxylic acids is 1. The molecule has 0 radical (unpaired) electrons. The Balaban J connectivity index is 1.73. The van der Waals surface area contributed by atoms with Crippen molar-refractivity contribution < 1.29 is 9.53 Å². The fourth-order valence-corrected chi connectivity index (χ4v) is 4.32. The number of hydrogen-bond donors (Lipinski definition) is 0. The van der Waals surface area contributed by atoms with Gasteiger partial charge in [0.2, 0.25) is 0 Å². The van der Waals surface area contributed by atoms with E-state index in [9.17, 15) is 4.79 Å². The molecule has 1 aromatic carbocycles. The van der Waals surface area contributed by atoms with Crippen molar-refractivity contribution in [3.05, 3.63) is 29.5 Å².